The Bertz CT molecular complexity index is 553. The topological polar surface area (TPSA) is 58.2 Å². The van der Waals surface area contributed by atoms with Crippen LogP contribution in [0.25, 0.3) is 0 Å². The molecule has 0 bridgehead atoms. The molecule has 0 aliphatic carbocycles. The minimum absolute atomic E-state index is 0.139. The zero-order valence-corrected chi connectivity index (χ0v) is 13.5. The smallest absolute Gasteiger partial charge is 0.312 e. The Morgan fingerprint density at radius 1 is 1.33 bits per heavy atom. The summed E-state index contributed by atoms with van der Waals surface area (Å²) in [5.41, 5.74) is 0.858. The van der Waals surface area contributed by atoms with Crippen molar-refractivity contribution in [1.29, 1.82) is 0 Å². The summed E-state index contributed by atoms with van der Waals surface area (Å²) in [6.45, 7) is 4.89. The fourth-order valence-corrected chi connectivity index (χ4v) is 4.28. The van der Waals surface area contributed by atoms with Crippen molar-refractivity contribution in [2.45, 2.75) is 43.6 Å². The number of hydrogen-bond donors (Lipinski definition) is 2. The fraction of sp³-hybridized carbons (Fsp3) is 0.667. The molecule has 0 aliphatic heterocycles. The fourth-order valence-electron chi connectivity index (χ4n) is 1.60. The third-order valence-electron chi connectivity index (χ3n) is 2.73. The number of halogens is 3. The van der Waals surface area contributed by atoms with Crippen LogP contribution in [0.3, 0.4) is 0 Å². The van der Waals surface area contributed by atoms with Crippen molar-refractivity contribution in [2.24, 2.45) is 0 Å². The molecule has 1 rings (SSSR count). The first kappa shape index (κ1) is 18.4. The van der Waals surface area contributed by atoms with Crippen LogP contribution in [0.1, 0.15) is 30.2 Å². The average Bonchev–Trinajstić information content (AvgIpc) is 2.73. The molecule has 0 radical (unpaired) electrons. The first-order valence-electron chi connectivity index (χ1n) is 6.52. The highest BCUT2D eigenvalue weighted by molar-refractivity contribution is 7.91. The molecule has 0 fully saturated rings. The van der Waals surface area contributed by atoms with Gasteiger partial charge in [0.1, 0.15) is 4.21 Å². The molecular weight excluding hydrogens is 325 g/mol. The van der Waals surface area contributed by atoms with Gasteiger partial charge in [0.05, 0.1) is 0 Å². The molecule has 0 aliphatic rings. The molecule has 1 aromatic rings. The van der Waals surface area contributed by atoms with Crippen LogP contribution >= 0.6 is 11.3 Å². The second-order valence-electron chi connectivity index (χ2n) is 4.57. The van der Waals surface area contributed by atoms with Crippen LogP contribution in [0.15, 0.2) is 10.3 Å². The van der Waals surface area contributed by atoms with Gasteiger partial charge in [-0.3, -0.25) is 0 Å². The molecule has 0 spiro atoms. The van der Waals surface area contributed by atoms with Gasteiger partial charge in [-0.05, 0) is 31.5 Å². The van der Waals surface area contributed by atoms with Crippen molar-refractivity contribution < 1.29 is 21.6 Å². The maximum Gasteiger partial charge on any atom is 0.389 e. The van der Waals surface area contributed by atoms with Gasteiger partial charge in [0.15, 0.2) is 0 Å². The highest BCUT2D eigenvalue weighted by Crippen LogP contribution is 2.26. The molecule has 0 amide bonds. The Morgan fingerprint density at radius 2 is 2.00 bits per heavy atom. The summed E-state index contributed by atoms with van der Waals surface area (Å²) in [7, 11) is -3.73. The Kier molecular flexibility index (Phi) is 6.64. The van der Waals surface area contributed by atoms with Crippen molar-refractivity contribution in [3.63, 3.8) is 0 Å². The van der Waals surface area contributed by atoms with E-state index in [1.54, 1.807) is 6.07 Å². The second-order valence-corrected chi connectivity index (χ2v) is 7.70. The van der Waals surface area contributed by atoms with Crippen molar-refractivity contribution in [2.75, 3.05) is 13.1 Å². The van der Waals surface area contributed by atoms with Gasteiger partial charge < -0.3 is 5.32 Å². The summed E-state index contributed by atoms with van der Waals surface area (Å²) < 4.78 is 62.3. The predicted octanol–water partition coefficient (Wildman–Crippen LogP) is 2.79. The first-order valence-corrected chi connectivity index (χ1v) is 8.82. The first-order chi connectivity index (χ1) is 9.65. The van der Waals surface area contributed by atoms with E-state index >= 15 is 0 Å². The molecule has 0 aromatic carbocycles. The second kappa shape index (κ2) is 7.57. The van der Waals surface area contributed by atoms with Gasteiger partial charge in [-0.2, -0.15) is 13.2 Å². The zero-order chi connectivity index (χ0) is 16.1. The van der Waals surface area contributed by atoms with E-state index in [2.05, 4.69) is 10.0 Å². The number of rotatable bonds is 8. The van der Waals surface area contributed by atoms with E-state index in [0.29, 0.717) is 6.54 Å². The Morgan fingerprint density at radius 3 is 2.57 bits per heavy atom. The van der Waals surface area contributed by atoms with E-state index in [0.717, 1.165) is 28.3 Å². The van der Waals surface area contributed by atoms with Crippen LogP contribution in [0, 0.1) is 6.92 Å². The molecule has 4 nitrogen and oxygen atoms in total. The van der Waals surface area contributed by atoms with Gasteiger partial charge in [0.2, 0.25) is 10.0 Å². The monoisotopic (exact) mass is 344 g/mol. The van der Waals surface area contributed by atoms with E-state index in [4.69, 9.17) is 0 Å². The van der Waals surface area contributed by atoms with E-state index in [1.807, 2.05) is 13.8 Å². The van der Waals surface area contributed by atoms with E-state index < -0.39 is 22.6 Å². The molecule has 0 atom stereocenters. The molecule has 1 aromatic heterocycles. The quantitative estimate of drug-likeness (QED) is 0.713. The van der Waals surface area contributed by atoms with E-state index in [-0.39, 0.29) is 17.2 Å². The average molecular weight is 344 g/mol. The van der Waals surface area contributed by atoms with Crippen LogP contribution in [0.5, 0.6) is 0 Å². The van der Waals surface area contributed by atoms with Gasteiger partial charge in [-0.1, -0.05) is 6.92 Å². The summed E-state index contributed by atoms with van der Waals surface area (Å²) in [6, 6.07) is 1.55. The molecule has 0 unspecified atom stereocenters. The molecule has 0 saturated heterocycles. The van der Waals surface area contributed by atoms with Crippen molar-refractivity contribution in [3.05, 3.63) is 16.5 Å². The number of aryl methyl sites for hydroxylation is 1. The lowest BCUT2D eigenvalue weighted by Gasteiger charge is -2.07. The molecule has 122 valence electrons. The normalized spacial score (nSPS) is 12.8. The number of alkyl halides is 3. The molecule has 1 heterocycles. The summed E-state index contributed by atoms with van der Waals surface area (Å²) in [5, 5.41) is 3.11. The van der Waals surface area contributed by atoms with Crippen LogP contribution in [-0.2, 0) is 16.6 Å². The predicted molar refractivity (Wildman–Crippen MR) is 76.9 cm³/mol. The molecule has 21 heavy (non-hydrogen) atoms. The van der Waals surface area contributed by atoms with Gasteiger partial charge in [0, 0.05) is 24.4 Å². The summed E-state index contributed by atoms with van der Waals surface area (Å²) in [4.78, 5) is 0.910. The Labute approximate surface area is 126 Å². The molecular formula is C12H19F3N2O2S2. The van der Waals surface area contributed by atoms with Gasteiger partial charge in [-0.25, -0.2) is 13.1 Å². The Balaban J connectivity index is 2.62. The van der Waals surface area contributed by atoms with E-state index in [9.17, 15) is 21.6 Å². The maximum absolute atomic E-state index is 12.0. The lowest BCUT2D eigenvalue weighted by molar-refractivity contribution is -0.135. The van der Waals surface area contributed by atoms with Gasteiger partial charge in [0.25, 0.3) is 0 Å². The molecule has 9 heteroatoms. The number of hydrogen-bond acceptors (Lipinski definition) is 4. The molecule has 2 N–H and O–H groups in total. The number of sulfonamides is 1. The van der Waals surface area contributed by atoms with Crippen molar-refractivity contribution >= 4 is 21.4 Å². The largest absolute Gasteiger partial charge is 0.389 e. The lowest BCUT2D eigenvalue weighted by atomic mass is 10.3. The van der Waals surface area contributed by atoms with Gasteiger partial charge in [-0.15, -0.1) is 11.3 Å². The summed E-state index contributed by atoms with van der Waals surface area (Å²) in [5.74, 6) is 0. The third-order valence-corrected chi connectivity index (χ3v) is 5.90. The molecule has 0 saturated carbocycles. The minimum Gasteiger partial charge on any atom is -0.312 e. The number of nitrogens with one attached hydrogen (secondary N) is 2. The summed E-state index contributed by atoms with van der Waals surface area (Å²) >= 11 is 1.13. The maximum atomic E-state index is 12.0. The third kappa shape index (κ3) is 6.33. The minimum atomic E-state index is -4.26. The highest BCUT2D eigenvalue weighted by Gasteiger charge is 2.26. The van der Waals surface area contributed by atoms with Crippen LogP contribution in [0.4, 0.5) is 13.2 Å². The van der Waals surface area contributed by atoms with Crippen molar-refractivity contribution in [3.8, 4) is 0 Å². The van der Waals surface area contributed by atoms with Crippen LogP contribution < -0.4 is 10.0 Å². The SMILES string of the molecule is CCNCc1sc(S(=O)(=O)NCCCC(F)(F)F)cc1C. The Hall–Kier alpha value is -0.640. The zero-order valence-electron chi connectivity index (χ0n) is 11.9. The summed E-state index contributed by atoms with van der Waals surface area (Å²) in [6.07, 6.45) is -5.52. The van der Waals surface area contributed by atoms with E-state index in [1.165, 1.54) is 0 Å². The van der Waals surface area contributed by atoms with Crippen molar-refractivity contribution in [1.82, 2.24) is 10.0 Å². The van der Waals surface area contributed by atoms with Gasteiger partial charge >= 0.3 is 6.18 Å². The van der Waals surface area contributed by atoms with Crippen LogP contribution in [0.2, 0.25) is 0 Å². The highest BCUT2D eigenvalue weighted by atomic mass is 32.2. The number of thiophene rings is 1. The standard InChI is InChI=1S/C12H19F3N2O2S2/c1-3-16-8-10-9(2)7-11(20-10)21(18,19)17-6-4-5-12(13,14)15/h7,16-17H,3-6,8H2,1-2H3. The van der Waals surface area contributed by atoms with Crippen LogP contribution in [-0.4, -0.2) is 27.7 Å². The lowest BCUT2D eigenvalue weighted by Crippen LogP contribution is -2.25.